The molecule has 0 N–H and O–H groups in total. The average Bonchev–Trinajstić information content (AvgIpc) is 2.35. The molecular weight excluding hydrogens is 333 g/mol. The molecule has 94 valence electrons. The van der Waals surface area contributed by atoms with Crippen molar-refractivity contribution < 1.29 is 0 Å². The van der Waals surface area contributed by atoms with E-state index in [-0.39, 0.29) is 5.38 Å². The number of rotatable bonds is 3. The molecule has 1 heterocycles. The van der Waals surface area contributed by atoms with Gasteiger partial charge in [0.2, 0.25) is 0 Å². The molecule has 1 nitrogen and oxygen atoms in total. The van der Waals surface area contributed by atoms with E-state index in [0.717, 1.165) is 15.6 Å². The highest BCUT2D eigenvalue weighted by Crippen LogP contribution is 2.30. The SMILES string of the molecule is Cc1cc(C(Cl)Cc2ccncc2Cl)ccc1Br. The first kappa shape index (κ1) is 13.9. The summed E-state index contributed by atoms with van der Waals surface area (Å²) in [6.45, 7) is 2.05. The molecule has 2 rings (SSSR count). The molecule has 4 heteroatoms. The molecule has 0 saturated carbocycles. The van der Waals surface area contributed by atoms with Crippen LogP contribution in [0.5, 0.6) is 0 Å². The van der Waals surface area contributed by atoms with Crippen molar-refractivity contribution in [1.29, 1.82) is 0 Å². The van der Waals surface area contributed by atoms with E-state index in [9.17, 15) is 0 Å². The van der Waals surface area contributed by atoms with E-state index in [1.54, 1.807) is 12.4 Å². The molecule has 0 fully saturated rings. The van der Waals surface area contributed by atoms with Crippen LogP contribution in [0.15, 0.2) is 41.1 Å². The first-order valence-corrected chi connectivity index (χ1v) is 7.17. The van der Waals surface area contributed by atoms with Gasteiger partial charge in [-0.05, 0) is 42.2 Å². The highest BCUT2D eigenvalue weighted by Gasteiger charge is 2.12. The molecule has 0 aliphatic heterocycles. The summed E-state index contributed by atoms with van der Waals surface area (Å²) in [4.78, 5) is 3.97. The second-order valence-electron chi connectivity index (χ2n) is 4.15. The molecule has 18 heavy (non-hydrogen) atoms. The molecule has 0 bridgehead atoms. The lowest BCUT2D eigenvalue weighted by molar-refractivity contribution is 0.914. The number of hydrogen-bond donors (Lipinski definition) is 0. The van der Waals surface area contributed by atoms with Gasteiger partial charge in [-0.3, -0.25) is 4.98 Å². The van der Waals surface area contributed by atoms with Gasteiger partial charge in [-0.1, -0.05) is 39.7 Å². The molecule has 2 aromatic rings. The Morgan fingerprint density at radius 3 is 2.78 bits per heavy atom. The Balaban J connectivity index is 2.19. The van der Waals surface area contributed by atoms with Crippen molar-refractivity contribution in [2.45, 2.75) is 18.7 Å². The van der Waals surface area contributed by atoms with Crippen LogP contribution < -0.4 is 0 Å². The van der Waals surface area contributed by atoms with Crippen LogP contribution in [0.1, 0.15) is 22.1 Å². The lowest BCUT2D eigenvalue weighted by atomic mass is 10.0. The van der Waals surface area contributed by atoms with Gasteiger partial charge in [-0.15, -0.1) is 11.6 Å². The number of benzene rings is 1. The maximum Gasteiger partial charge on any atom is 0.0626 e. The Morgan fingerprint density at radius 1 is 1.33 bits per heavy atom. The van der Waals surface area contributed by atoms with Crippen molar-refractivity contribution >= 4 is 39.1 Å². The van der Waals surface area contributed by atoms with Crippen LogP contribution in [0.4, 0.5) is 0 Å². The highest BCUT2D eigenvalue weighted by atomic mass is 79.9. The van der Waals surface area contributed by atoms with Crippen LogP contribution in [-0.4, -0.2) is 4.98 Å². The third kappa shape index (κ3) is 3.25. The number of halogens is 3. The summed E-state index contributed by atoms with van der Waals surface area (Å²) in [5, 5.41) is 0.577. The van der Waals surface area contributed by atoms with Crippen LogP contribution in [0.2, 0.25) is 5.02 Å². The Hall–Kier alpha value is -0.570. The Kier molecular flexibility index (Phi) is 4.66. The minimum absolute atomic E-state index is 0.0864. The first-order chi connectivity index (χ1) is 8.58. The fraction of sp³-hybridized carbons (Fsp3) is 0.214. The molecule has 0 amide bonds. The van der Waals surface area contributed by atoms with Gasteiger partial charge in [0, 0.05) is 16.9 Å². The second-order valence-corrected chi connectivity index (χ2v) is 5.94. The van der Waals surface area contributed by atoms with Crippen molar-refractivity contribution in [3.8, 4) is 0 Å². The maximum atomic E-state index is 6.44. The summed E-state index contributed by atoms with van der Waals surface area (Å²) >= 11 is 16.0. The van der Waals surface area contributed by atoms with Gasteiger partial charge in [0.25, 0.3) is 0 Å². The summed E-state index contributed by atoms with van der Waals surface area (Å²) in [5.41, 5.74) is 3.30. The van der Waals surface area contributed by atoms with Gasteiger partial charge in [-0.2, -0.15) is 0 Å². The zero-order valence-corrected chi connectivity index (χ0v) is 12.9. The minimum atomic E-state index is -0.0864. The largest absolute Gasteiger partial charge is 0.263 e. The Labute approximate surface area is 125 Å². The predicted molar refractivity (Wildman–Crippen MR) is 80.4 cm³/mol. The highest BCUT2D eigenvalue weighted by molar-refractivity contribution is 9.10. The molecule has 1 atom stereocenters. The molecule has 0 saturated heterocycles. The molecule has 0 aliphatic carbocycles. The van der Waals surface area contributed by atoms with E-state index in [2.05, 4.69) is 33.9 Å². The van der Waals surface area contributed by atoms with Crippen LogP contribution in [0, 0.1) is 6.92 Å². The lowest BCUT2D eigenvalue weighted by Crippen LogP contribution is -1.97. The van der Waals surface area contributed by atoms with E-state index in [1.807, 2.05) is 18.2 Å². The summed E-state index contributed by atoms with van der Waals surface area (Å²) in [5.74, 6) is 0. The van der Waals surface area contributed by atoms with Crippen LogP contribution in [0.3, 0.4) is 0 Å². The molecule has 0 radical (unpaired) electrons. The zero-order chi connectivity index (χ0) is 13.1. The summed E-state index contributed by atoms with van der Waals surface area (Å²) in [6, 6.07) is 8.05. The predicted octanol–water partition coefficient (Wildman–Crippen LogP) is 5.33. The third-order valence-corrected chi connectivity index (χ3v) is 4.44. The lowest BCUT2D eigenvalue weighted by Gasteiger charge is -2.12. The molecule has 0 aliphatic rings. The van der Waals surface area contributed by atoms with Gasteiger partial charge in [-0.25, -0.2) is 0 Å². The summed E-state index contributed by atoms with van der Waals surface area (Å²) in [7, 11) is 0. The fourth-order valence-corrected chi connectivity index (χ4v) is 2.49. The van der Waals surface area contributed by atoms with Gasteiger partial charge in [0.05, 0.1) is 10.4 Å². The standard InChI is InChI=1S/C14H12BrCl2N/c1-9-6-10(2-3-12(9)15)13(16)7-11-4-5-18-8-14(11)17/h2-6,8,13H,7H2,1H3. The monoisotopic (exact) mass is 343 g/mol. The molecule has 0 spiro atoms. The van der Waals surface area contributed by atoms with Crippen LogP contribution in [-0.2, 0) is 6.42 Å². The van der Waals surface area contributed by atoms with E-state index in [4.69, 9.17) is 23.2 Å². The number of nitrogens with zero attached hydrogens (tertiary/aromatic N) is 1. The summed E-state index contributed by atoms with van der Waals surface area (Å²) < 4.78 is 1.09. The van der Waals surface area contributed by atoms with Crippen molar-refractivity contribution in [1.82, 2.24) is 4.98 Å². The quantitative estimate of drug-likeness (QED) is 0.686. The second kappa shape index (κ2) is 6.05. The number of aryl methyl sites for hydroxylation is 1. The maximum absolute atomic E-state index is 6.44. The molecule has 1 aromatic heterocycles. The van der Waals surface area contributed by atoms with E-state index >= 15 is 0 Å². The molecule has 1 unspecified atom stereocenters. The van der Waals surface area contributed by atoms with Gasteiger partial charge >= 0.3 is 0 Å². The summed E-state index contributed by atoms with van der Waals surface area (Å²) in [6.07, 6.45) is 4.08. The third-order valence-electron chi connectivity index (χ3n) is 2.80. The van der Waals surface area contributed by atoms with Crippen molar-refractivity contribution in [3.63, 3.8) is 0 Å². The van der Waals surface area contributed by atoms with Crippen LogP contribution in [0.25, 0.3) is 0 Å². The van der Waals surface area contributed by atoms with Gasteiger partial charge in [0.15, 0.2) is 0 Å². The normalized spacial score (nSPS) is 12.4. The van der Waals surface area contributed by atoms with Gasteiger partial charge in [0.1, 0.15) is 0 Å². The number of hydrogen-bond acceptors (Lipinski definition) is 1. The minimum Gasteiger partial charge on any atom is -0.263 e. The molecular formula is C14H12BrCl2N. The van der Waals surface area contributed by atoms with Crippen molar-refractivity contribution in [2.24, 2.45) is 0 Å². The Morgan fingerprint density at radius 2 is 2.11 bits per heavy atom. The first-order valence-electron chi connectivity index (χ1n) is 5.56. The van der Waals surface area contributed by atoms with Crippen molar-refractivity contribution in [3.05, 3.63) is 62.8 Å². The average molecular weight is 345 g/mol. The van der Waals surface area contributed by atoms with E-state index < -0.39 is 0 Å². The number of alkyl halides is 1. The van der Waals surface area contributed by atoms with E-state index in [0.29, 0.717) is 11.4 Å². The molecule has 1 aromatic carbocycles. The number of aromatic nitrogens is 1. The smallest absolute Gasteiger partial charge is 0.0626 e. The topological polar surface area (TPSA) is 12.9 Å². The van der Waals surface area contributed by atoms with E-state index in [1.165, 1.54) is 5.56 Å². The van der Waals surface area contributed by atoms with Crippen LogP contribution >= 0.6 is 39.1 Å². The fourth-order valence-electron chi connectivity index (χ4n) is 1.74. The number of pyridine rings is 1. The van der Waals surface area contributed by atoms with Gasteiger partial charge < -0.3 is 0 Å². The Bertz CT molecular complexity index is 557. The zero-order valence-electron chi connectivity index (χ0n) is 9.83. The van der Waals surface area contributed by atoms with Crippen molar-refractivity contribution in [2.75, 3.05) is 0 Å².